The van der Waals surface area contributed by atoms with Crippen molar-refractivity contribution in [3.05, 3.63) is 112 Å². The molecule has 9 heteroatoms. The number of aliphatic imine (C=N–C) groups is 1. The lowest BCUT2D eigenvalue weighted by Gasteiger charge is -2.30. The Bertz CT molecular complexity index is 1280. The largest absolute Gasteiger partial charge is 0.494 e. The van der Waals surface area contributed by atoms with Crippen molar-refractivity contribution in [2.45, 2.75) is 31.0 Å². The molecule has 4 rings (SSSR count). The van der Waals surface area contributed by atoms with E-state index in [1.165, 1.54) is 0 Å². The van der Waals surface area contributed by atoms with Gasteiger partial charge in [-0.25, -0.2) is 10.4 Å². The normalized spacial score (nSPS) is 18.4. The molecule has 2 atom stereocenters. The Hall–Kier alpha value is -3.36. The minimum atomic E-state index is -1.38. The number of hydrogen-bond acceptors (Lipinski definition) is 6. The first-order valence-corrected chi connectivity index (χ1v) is 13.0. The summed E-state index contributed by atoms with van der Waals surface area (Å²) in [6.07, 6.45) is 1.54. The fourth-order valence-electron chi connectivity index (χ4n) is 4.16. The fraction of sp³-hybridized carbons (Fsp3) is 0.241. The number of carbonyl (C=O) groups is 1. The molecular weight excluding hydrogens is 525 g/mol. The zero-order chi connectivity index (χ0) is 27.0. The SMILES string of the molecule is C=CC[C@]1(C(=O)NNCc2ccccc2)N=C(c2ccc(OCCCO)cc2)O[C@H]1c1ccc(Cl)cc1Cl. The molecule has 0 radical (unpaired) electrons. The Morgan fingerprint density at radius 1 is 1.13 bits per heavy atom. The lowest BCUT2D eigenvalue weighted by molar-refractivity contribution is -0.129. The first-order chi connectivity index (χ1) is 18.5. The second kappa shape index (κ2) is 12.9. The van der Waals surface area contributed by atoms with Gasteiger partial charge in [0.15, 0.2) is 11.6 Å². The molecule has 0 aliphatic carbocycles. The second-order valence-electron chi connectivity index (χ2n) is 8.74. The lowest BCUT2D eigenvalue weighted by atomic mass is 9.84. The Morgan fingerprint density at radius 3 is 2.58 bits per heavy atom. The summed E-state index contributed by atoms with van der Waals surface area (Å²) in [5.41, 5.74) is 6.69. The number of benzene rings is 3. The van der Waals surface area contributed by atoms with Gasteiger partial charge >= 0.3 is 0 Å². The Balaban J connectivity index is 1.65. The van der Waals surface area contributed by atoms with Crippen molar-refractivity contribution in [2.24, 2.45) is 4.99 Å². The monoisotopic (exact) mass is 553 g/mol. The molecule has 38 heavy (non-hydrogen) atoms. The molecule has 0 unspecified atom stereocenters. The molecule has 0 spiro atoms. The number of nitrogens with zero attached hydrogens (tertiary/aromatic N) is 1. The summed E-state index contributed by atoms with van der Waals surface area (Å²) in [6.45, 7) is 4.77. The Labute approximate surface area is 232 Å². The van der Waals surface area contributed by atoms with E-state index < -0.39 is 11.6 Å². The number of ether oxygens (including phenoxy) is 2. The molecule has 0 fully saturated rings. The van der Waals surface area contributed by atoms with Crippen LogP contribution < -0.4 is 15.6 Å². The highest BCUT2D eigenvalue weighted by Crippen LogP contribution is 2.45. The molecule has 7 nitrogen and oxygen atoms in total. The molecule has 3 aromatic rings. The van der Waals surface area contributed by atoms with Crippen LogP contribution in [0.2, 0.25) is 10.0 Å². The maximum atomic E-state index is 13.8. The van der Waals surface area contributed by atoms with Crippen LogP contribution in [-0.2, 0) is 16.1 Å². The van der Waals surface area contributed by atoms with Gasteiger partial charge in [0.1, 0.15) is 5.75 Å². The van der Waals surface area contributed by atoms with Gasteiger partial charge in [0.2, 0.25) is 5.90 Å². The summed E-state index contributed by atoms with van der Waals surface area (Å²) in [5.74, 6) is 0.560. The summed E-state index contributed by atoms with van der Waals surface area (Å²) < 4.78 is 12.0. The molecular formula is C29H29Cl2N3O4. The number of aliphatic hydroxyl groups excluding tert-OH is 1. The molecule has 1 amide bonds. The van der Waals surface area contributed by atoms with Crippen molar-refractivity contribution >= 4 is 35.0 Å². The highest BCUT2D eigenvalue weighted by molar-refractivity contribution is 6.35. The number of amides is 1. The standard InChI is InChI=1S/C29H29Cl2N3O4/c1-2-15-29(28(36)34-32-19-20-7-4-3-5-8-20)26(24-14-11-22(30)18-25(24)31)38-27(33-29)21-9-12-23(13-10-21)37-17-6-16-35/h2-5,7-14,18,26,32,35H,1,6,15-17,19H2,(H,34,36)/t26-,29-/m0/s1. The molecule has 3 aromatic carbocycles. The molecule has 0 saturated carbocycles. The number of halogens is 2. The van der Waals surface area contributed by atoms with Crippen LogP contribution in [-0.4, -0.2) is 35.7 Å². The van der Waals surface area contributed by atoms with Crippen molar-refractivity contribution in [2.75, 3.05) is 13.2 Å². The second-order valence-corrected chi connectivity index (χ2v) is 9.58. The van der Waals surface area contributed by atoms with Gasteiger partial charge in [-0.15, -0.1) is 6.58 Å². The minimum absolute atomic E-state index is 0.0605. The predicted molar refractivity (Wildman–Crippen MR) is 149 cm³/mol. The van der Waals surface area contributed by atoms with E-state index in [9.17, 15) is 4.79 Å². The van der Waals surface area contributed by atoms with Crippen molar-refractivity contribution in [3.63, 3.8) is 0 Å². The average molecular weight is 554 g/mol. The van der Waals surface area contributed by atoms with Gasteiger partial charge in [-0.05, 0) is 42.0 Å². The topological polar surface area (TPSA) is 92.2 Å². The van der Waals surface area contributed by atoms with E-state index in [-0.39, 0.29) is 18.9 Å². The van der Waals surface area contributed by atoms with E-state index in [2.05, 4.69) is 17.4 Å². The maximum absolute atomic E-state index is 13.8. The Morgan fingerprint density at radius 2 is 1.89 bits per heavy atom. The third-order valence-electron chi connectivity index (χ3n) is 6.07. The van der Waals surface area contributed by atoms with E-state index in [0.29, 0.717) is 52.4 Å². The molecule has 1 aliphatic heterocycles. The van der Waals surface area contributed by atoms with Crippen LogP contribution in [0.3, 0.4) is 0 Å². The van der Waals surface area contributed by atoms with E-state index in [0.717, 1.165) is 5.56 Å². The van der Waals surface area contributed by atoms with Crippen LogP contribution in [0.15, 0.2) is 90.4 Å². The van der Waals surface area contributed by atoms with Crippen LogP contribution in [0.4, 0.5) is 0 Å². The van der Waals surface area contributed by atoms with E-state index >= 15 is 0 Å². The number of hydrazine groups is 1. The van der Waals surface area contributed by atoms with Crippen LogP contribution in [0, 0.1) is 0 Å². The zero-order valence-corrected chi connectivity index (χ0v) is 22.2. The number of rotatable bonds is 12. The van der Waals surface area contributed by atoms with Crippen LogP contribution in [0.1, 0.15) is 35.6 Å². The zero-order valence-electron chi connectivity index (χ0n) is 20.7. The molecule has 1 aliphatic rings. The van der Waals surface area contributed by atoms with Gasteiger partial charge in [-0.3, -0.25) is 10.2 Å². The van der Waals surface area contributed by atoms with E-state index in [1.807, 2.05) is 42.5 Å². The number of carbonyl (C=O) groups excluding carboxylic acids is 1. The Kier molecular flexibility index (Phi) is 9.42. The molecule has 1 heterocycles. The maximum Gasteiger partial charge on any atom is 0.266 e. The first-order valence-electron chi connectivity index (χ1n) is 12.2. The highest BCUT2D eigenvalue weighted by atomic mass is 35.5. The molecule has 0 aromatic heterocycles. The van der Waals surface area contributed by atoms with Crippen molar-refractivity contribution in [3.8, 4) is 5.75 Å². The molecule has 0 saturated heterocycles. The number of hydrogen-bond donors (Lipinski definition) is 3. The number of aliphatic hydroxyl groups is 1. The van der Waals surface area contributed by atoms with Gasteiger partial charge < -0.3 is 14.6 Å². The number of nitrogens with one attached hydrogen (secondary N) is 2. The van der Waals surface area contributed by atoms with Crippen LogP contribution >= 0.6 is 23.2 Å². The summed E-state index contributed by atoms with van der Waals surface area (Å²) in [5, 5.41) is 9.80. The third-order valence-corrected chi connectivity index (χ3v) is 6.63. The molecule has 0 bridgehead atoms. The highest BCUT2D eigenvalue weighted by Gasteiger charge is 2.53. The van der Waals surface area contributed by atoms with Gasteiger partial charge in [0.05, 0.1) is 6.61 Å². The van der Waals surface area contributed by atoms with Crippen molar-refractivity contribution < 1.29 is 19.4 Å². The van der Waals surface area contributed by atoms with Crippen molar-refractivity contribution in [1.29, 1.82) is 0 Å². The summed E-state index contributed by atoms with van der Waals surface area (Å²) in [7, 11) is 0. The third kappa shape index (κ3) is 6.37. The average Bonchev–Trinajstić information content (AvgIpc) is 3.30. The minimum Gasteiger partial charge on any atom is -0.494 e. The fourth-order valence-corrected chi connectivity index (χ4v) is 4.66. The predicted octanol–water partition coefficient (Wildman–Crippen LogP) is 5.41. The van der Waals surface area contributed by atoms with E-state index in [1.54, 1.807) is 36.4 Å². The summed E-state index contributed by atoms with van der Waals surface area (Å²) >= 11 is 12.7. The quantitative estimate of drug-likeness (QED) is 0.158. The van der Waals surface area contributed by atoms with Gasteiger partial charge in [0.25, 0.3) is 5.91 Å². The summed E-state index contributed by atoms with van der Waals surface area (Å²) in [6, 6.07) is 22.0. The lowest BCUT2D eigenvalue weighted by Crippen LogP contribution is -2.52. The van der Waals surface area contributed by atoms with Crippen LogP contribution in [0.25, 0.3) is 0 Å². The van der Waals surface area contributed by atoms with Crippen molar-refractivity contribution in [1.82, 2.24) is 10.9 Å². The molecule has 198 valence electrons. The van der Waals surface area contributed by atoms with E-state index in [4.69, 9.17) is 42.8 Å². The van der Waals surface area contributed by atoms with Gasteiger partial charge in [-0.2, -0.15) is 0 Å². The molecule has 3 N–H and O–H groups in total. The van der Waals surface area contributed by atoms with Gasteiger partial charge in [0, 0.05) is 47.2 Å². The smallest absolute Gasteiger partial charge is 0.266 e. The first kappa shape index (κ1) is 27.7. The van der Waals surface area contributed by atoms with Gasteiger partial charge in [-0.1, -0.05) is 65.7 Å². The van der Waals surface area contributed by atoms with Crippen LogP contribution in [0.5, 0.6) is 5.75 Å². The summed E-state index contributed by atoms with van der Waals surface area (Å²) in [4.78, 5) is 18.6.